The lowest BCUT2D eigenvalue weighted by Gasteiger charge is -2.26. The highest BCUT2D eigenvalue weighted by atomic mass is 16.4. The van der Waals surface area contributed by atoms with Gasteiger partial charge in [0.1, 0.15) is 29.9 Å². The van der Waals surface area contributed by atoms with E-state index in [4.69, 9.17) is 5.11 Å². The third-order valence-corrected chi connectivity index (χ3v) is 7.95. The molecule has 3 aromatic rings. The van der Waals surface area contributed by atoms with Crippen molar-refractivity contribution in [1.29, 1.82) is 0 Å². The molecule has 15 nitrogen and oxygen atoms in total. The number of phenolic OH excluding ortho intramolecular Hbond substituents is 1. The van der Waals surface area contributed by atoms with Crippen molar-refractivity contribution in [3.8, 4) is 5.75 Å². The number of carboxylic acids is 2. The van der Waals surface area contributed by atoms with E-state index in [1.54, 1.807) is 60.7 Å². The highest BCUT2D eigenvalue weighted by Gasteiger charge is 2.32. The van der Waals surface area contributed by atoms with E-state index >= 15 is 0 Å². The Hall–Kier alpha value is -6.25. The largest absolute Gasteiger partial charge is 0.508 e. The standard InChI is InChI=1S/C37H43N5O10/c1-38-34(49)28(20-23-8-4-2-5-9-23)41-35(50)27(16-18-32(45)46)40-37(52)30(21-24-10-6-3-7-11-24)42-36(51)29(39-31(44)17-19-33(47)48)22-25-12-14-26(43)15-13-25/h2-15,27-30,43H,16-22H2,1H3,(H,38,49)(H,39,44)(H,40,52)(H,41,50)(H,42,51)(H,45,46)(H,47,48)/t27-,28-,29-,30-/m0/s1. The predicted molar refractivity (Wildman–Crippen MR) is 188 cm³/mol. The number of carbonyl (C=O) groups excluding carboxylic acids is 5. The van der Waals surface area contributed by atoms with Crippen LogP contribution in [-0.2, 0) is 52.8 Å². The van der Waals surface area contributed by atoms with E-state index in [-0.39, 0.29) is 31.4 Å². The molecule has 0 aliphatic rings. The number of phenols is 1. The van der Waals surface area contributed by atoms with Crippen LogP contribution in [0.25, 0.3) is 0 Å². The van der Waals surface area contributed by atoms with Gasteiger partial charge in [-0.1, -0.05) is 72.8 Å². The minimum atomic E-state index is -1.43. The van der Waals surface area contributed by atoms with Crippen molar-refractivity contribution in [2.45, 2.75) is 69.1 Å². The number of hydrogen-bond donors (Lipinski definition) is 8. The maximum Gasteiger partial charge on any atom is 0.303 e. The van der Waals surface area contributed by atoms with Gasteiger partial charge in [0, 0.05) is 39.2 Å². The summed E-state index contributed by atoms with van der Waals surface area (Å²) < 4.78 is 0. The fraction of sp³-hybridized carbons (Fsp3) is 0.324. The number of aromatic hydroxyl groups is 1. The topological polar surface area (TPSA) is 240 Å². The zero-order chi connectivity index (χ0) is 38.0. The summed E-state index contributed by atoms with van der Waals surface area (Å²) in [6.45, 7) is 0. The Bertz CT molecular complexity index is 1690. The monoisotopic (exact) mass is 717 g/mol. The summed E-state index contributed by atoms with van der Waals surface area (Å²) in [5, 5.41) is 40.9. The summed E-state index contributed by atoms with van der Waals surface area (Å²) in [6.07, 6.45) is -1.79. The first-order valence-corrected chi connectivity index (χ1v) is 16.6. The number of amides is 5. The third kappa shape index (κ3) is 13.9. The fourth-order valence-electron chi connectivity index (χ4n) is 5.21. The molecule has 0 saturated carbocycles. The highest BCUT2D eigenvalue weighted by molar-refractivity contribution is 5.96. The molecule has 8 N–H and O–H groups in total. The van der Waals surface area contributed by atoms with Crippen molar-refractivity contribution < 1.29 is 48.9 Å². The zero-order valence-electron chi connectivity index (χ0n) is 28.5. The van der Waals surface area contributed by atoms with Crippen LogP contribution in [0.15, 0.2) is 84.9 Å². The van der Waals surface area contributed by atoms with Gasteiger partial charge in [-0.05, 0) is 35.2 Å². The van der Waals surface area contributed by atoms with Crippen LogP contribution in [0.1, 0.15) is 42.4 Å². The maximum atomic E-state index is 13.9. The molecule has 276 valence electrons. The zero-order valence-corrected chi connectivity index (χ0v) is 28.5. The van der Waals surface area contributed by atoms with E-state index in [2.05, 4.69) is 26.6 Å². The van der Waals surface area contributed by atoms with Crippen molar-refractivity contribution in [3.63, 3.8) is 0 Å². The normalized spacial score (nSPS) is 12.9. The number of aliphatic carboxylic acids is 2. The second-order valence-corrected chi connectivity index (χ2v) is 12.0. The Morgan fingerprint density at radius 2 is 0.904 bits per heavy atom. The van der Waals surface area contributed by atoms with Gasteiger partial charge in [-0.3, -0.25) is 33.6 Å². The number of nitrogens with one attached hydrogen (secondary N) is 5. The number of likely N-dealkylation sites (N-methyl/N-ethyl adjacent to an activating group) is 1. The summed E-state index contributed by atoms with van der Waals surface area (Å²) >= 11 is 0. The van der Waals surface area contributed by atoms with Gasteiger partial charge in [0.05, 0.1) is 6.42 Å². The summed E-state index contributed by atoms with van der Waals surface area (Å²) in [7, 11) is 1.40. The Morgan fingerprint density at radius 3 is 1.37 bits per heavy atom. The van der Waals surface area contributed by atoms with Gasteiger partial charge in [0.15, 0.2) is 0 Å². The molecule has 15 heteroatoms. The molecule has 0 unspecified atom stereocenters. The number of carboxylic acid groups (broad SMARTS) is 2. The average Bonchev–Trinajstić information content (AvgIpc) is 3.12. The Balaban J connectivity index is 1.88. The van der Waals surface area contributed by atoms with Gasteiger partial charge >= 0.3 is 11.9 Å². The molecule has 3 aromatic carbocycles. The van der Waals surface area contributed by atoms with Crippen molar-refractivity contribution >= 4 is 41.5 Å². The van der Waals surface area contributed by atoms with E-state index in [0.29, 0.717) is 11.1 Å². The average molecular weight is 718 g/mol. The van der Waals surface area contributed by atoms with Crippen LogP contribution in [-0.4, -0.2) is 88.0 Å². The lowest BCUT2D eigenvalue weighted by molar-refractivity contribution is -0.139. The first-order valence-electron chi connectivity index (χ1n) is 16.6. The number of benzene rings is 3. The molecule has 0 bridgehead atoms. The summed E-state index contributed by atoms with van der Waals surface area (Å²) in [5.74, 6) is -6.18. The van der Waals surface area contributed by atoms with Crippen LogP contribution in [0, 0.1) is 0 Å². The summed E-state index contributed by atoms with van der Waals surface area (Å²) in [5.41, 5.74) is 1.90. The molecular weight excluding hydrogens is 674 g/mol. The minimum absolute atomic E-state index is 0.0296. The molecule has 0 spiro atoms. The lowest BCUT2D eigenvalue weighted by atomic mass is 10.0. The summed E-state index contributed by atoms with van der Waals surface area (Å²) in [6, 6.07) is 18.2. The molecule has 0 heterocycles. The number of hydrogen-bond acceptors (Lipinski definition) is 8. The Kier molecular flexibility index (Phi) is 15.8. The van der Waals surface area contributed by atoms with Crippen LogP contribution in [0.2, 0.25) is 0 Å². The van der Waals surface area contributed by atoms with Crippen LogP contribution >= 0.6 is 0 Å². The van der Waals surface area contributed by atoms with Crippen LogP contribution in [0.4, 0.5) is 0 Å². The molecule has 0 saturated heterocycles. The molecule has 52 heavy (non-hydrogen) atoms. The SMILES string of the molecule is CNC(=O)[C@H](Cc1ccccc1)NC(=O)[C@H](CCC(=O)O)NC(=O)[C@H](Cc1ccccc1)NC(=O)[C@H](Cc1ccc(O)cc1)NC(=O)CCC(=O)O. The first kappa shape index (κ1) is 40.2. The minimum Gasteiger partial charge on any atom is -0.508 e. The van der Waals surface area contributed by atoms with Crippen molar-refractivity contribution in [2.24, 2.45) is 0 Å². The third-order valence-electron chi connectivity index (χ3n) is 7.95. The highest BCUT2D eigenvalue weighted by Crippen LogP contribution is 2.13. The first-order chi connectivity index (χ1) is 24.8. The molecule has 0 fully saturated rings. The quantitative estimate of drug-likeness (QED) is 0.0819. The van der Waals surface area contributed by atoms with Crippen molar-refractivity contribution in [2.75, 3.05) is 7.05 Å². The molecule has 5 amide bonds. The molecule has 4 atom stereocenters. The van der Waals surface area contributed by atoms with E-state index in [0.717, 1.165) is 5.56 Å². The molecular formula is C37H43N5O10. The van der Waals surface area contributed by atoms with Gasteiger partial charge in [0.25, 0.3) is 0 Å². The molecule has 3 rings (SSSR count). The second kappa shape index (κ2) is 20.4. The van der Waals surface area contributed by atoms with Crippen LogP contribution in [0.5, 0.6) is 5.75 Å². The summed E-state index contributed by atoms with van der Waals surface area (Å²) in [4.78, 5) is 89.2. The van der Waals surface area contributed by atoms with E-state index < -0.39 is 84.9 Å². The smallest absolute Gasteiger partial charge is 0.303 e. The molecule has 0 radical (unpaired) electrons. The predicted octanol–water partition coefficient (Wildman–Crippen LogP) is 0.835. The van der Waals surface area contributed by atoms with Gasteiger partial charge in [-0.15, -0.1) is 0 Å². The molecule has 0 aliphatic carbocycles. The van der Waals surface area contributed by atoms with E-state index in [1.807, 2.05) is 0 Å². The lowest BCUT2D eigenvalue weighted by Crippen LogP contribution is -2.59. The van der Waals surface area contributed by atoms with Crippen molar-refractivity contribution in [1.82, 2.24) is 26.6 Å². The molecule has 0 aliphatic heterocycles. The van der Waals surface area contributed by atoms with Gasteiger partial charge < -0.3 is 41.9 Å². The van der Waals surface area contributed by atoms with E-state index in [1.165, 1.54) is 31.3 Å². The number of rotatable bonds is 20. The van der Waals surface area contributed by atoms with Gasteiger partial charge in [-0.25, -0.2) is 0 Å². The van der Waals surface area contributed by atoms with Crippen molar-refractivity contribution in [3.05, 3.63) is 102 Å². The van der Waals surface area contributed by atoms with E-state index in [9.17, 15) is 43.8 Å². The Morgan fingerprint density at radius 1 is 0.500 bits per heavy atom. The number of carbonyl (C=O) groups is 7. The van der Waals surface area contributed by atoms with Gasteiger partial charge in [-0.2, -0.15) is 0 Å². The fourth-order valence-corrected chi connectivity index (χ4v) is 5.21. The van der Waals surface area contributed by atoms with Gasteiger partial charge in [0.2, 0.25) is 29.5 Å². The van der Waals surface area contributed by atoms with Crippen LogP contribution < -0.4 is 26.6 Å². The molecule has 0 aromatic heterocycles. The maximum absolute atomic E-state index is 13.9. The second-order valence-electron chi connectivity index (χ2n) is 12.0. The Labute approximate surface area is 300 Å². The van der Waals surface area contributed by atoms with Crippen LogP contribution in [0.3, 0.4) is 0 Å².